The van der Waals surface area contributed by atoms with Crippen molar-refractivity contribution >= 4 is 18.7 Å². The van der Waals surface area contributed by atoms with E-state index in [9.17, 15) is 9.18 Å². The van der Waals surface area contributed by atoms with Gasteiger partial charge in [0, 0.05) is 0 Å². The largest absolute Gasteiger partial charge is 0.394 e. The molecule has 0 radical (unpaired) electrons. The van der Waals surface area contributed by atoms with E-state index in [4.69, 9.17) is 21.1 Å². The van der Waals surface area contributed by atoms with E-state index < -0.39 is 31.0 Å². The summed E-state index contributed by atoms with van der Waals surface area (Å²) in [5.74, 6) is 0. The van der Waals surface area contributed by atoms with Crippen molar-refractivity contribution in [1.82, 2.24) is 0 Å². The molecule has 0 saturated heterocycles. The van der Waals surface area contributed by atoms with Crippen LogP contribution in [0.2, 0.25) is 0 Å². The minimum Gasteiger partial charge on any atom is -0.394 e. The zero-order valence-electron chi connectivity index (χ0n) is 6.71. The molecule has 0 aromatic carbocycles. The molecule has 0 aliphatic rings. The number of hydrogen-bond donors (Lipinski definition) is 4. The number of aliphatic hydroxyl groups excluding tert-OH is 3. The first-order valence-corrected chi connectivity index (χ1v) is 3.36. The van der Waals surface area contributed by atoms with Crippen molar-refractivity contribution in [2.75, 3.05) is 6.61 Å². The number of aliphatic hydroxyl groups is 3. The van der Waals surface area contributed by atoms with Crippen LogP contribution in [0.1, 0.15) is 0 Å². The topological polar surface area (TPSA) is 104 Å². The highest BCUT2D eigenvalue weighted by molar-refractivity contribution is 5.85. The van der Waals surface area contributed by atoms with Gasteiger partial charge in [-0.1, -0.05) is 0 Å². The molecule has 0 aliphatic carbocycles. The first kappa shape index (κ1) is 15.2. The summed E-state index contributed by atoms with van der Waals surface area (Å²) in [5, 5.41) is 25.8. The van der Waals surface area contributed by atoms with Crippen molar-refractivity contribution in [2.45, 2.75) is 24.4 Å². The number of nitrogens with two attached hydrogens (primary N) is 1. The molecule has 0 bridgehead atoms. The van der Waals surface area contributed by atoms with Gasteiger partial charge in [0.15, 0.2) is 6.17 Å². The molecule has 4 atom stereocenters. The van der Waals surface area contributed by atoms with Crippen molar-refractivity contribution in [1.29, 1.82) is 0 Å². The van der Waals surface area contributed by atoms with Crippen molar-refractivity contribution in [3.8, 4) is 0 Å². The van der Waals surface area contributed by atoms with E-state index >= 15 is 0 Å². The molecular formula is C6H13ClFNO4. The van der Waals surface area contributed by atoms with E-state index in [1.54, 1.807) is 0 Å². The smallest absolute Gasteiger partial charge is 0.156 e. The van der Waals surface area contributed by atoms with Crippen molar-refractivity contribution in [2.24, 2.45) is 5.73 Å². The van der Waals surface area contributed by atoms with Crippen molar-refractivity contribution < 1.29 is 24.5 Å². The lowest BCUT2D eigenvalue weighted by Crippen LogP contribution is -2.47. The maximum absolute atomic E-state index is 12.7. The normalized spacial score (nSPS) is 19.5. The van der Waals surface area contributed by atoms with Crippen LogP contribution in [0.5, 0.6) is 0 Å². The Morgan fingerprint density at radius 1 is 1.46 bits per heavy atom. The average Bonchev–Trinajstić information content (AvgIpc) is 2.12. The number of halogens is 2. The van der Waals surface area contributed by atoms with E-state index in [0.717, 1.165) is 0 Å². The molecule has 0 unspecified atom stereocenters. The van der Waals surface area contributed by atoms with Gasteiger partial charge in [-0.05, 0) is 0 Å². The van der Waals surface area contributed by atoms with E-state index in [1.165, 1.54) is 0 Å². The van der Waals surface area contributed by atoms with Crippen LogP contribution in [0, 0.1) is 0 Å². The van der Waals surface area contributed by atoms with Gasteiger partial charge >= 0.3 is 0 Å². The molecule has 0 saturated carbocycles. The fourth-order valence-electron chi connectivity index (χ4n) is 0.621. The van der Waals surface area contributed by atoms with Crippen molar-refractivity contribution in [3.63, 3.8) is 0 Å². The predicted octanol–water partition coefficient (Wildman–Crippen LogP) is -2.01. The molecule has 0 rings (SSSR count). The zero-order chi connectivity index (χ0) is 9.72. The molecule has 0 aromatic rings. The number of hydrogen-bond acceptors (Lipinski definition) is 5. The molecule has 7 heteroatoms. The molecule has 80 valence electrons. The summed E-state index contributed by atoms with van der Waals surface area (Å²) < 4.78 is 12.7. The third-order valence-electron chi connectivity index (χ3n) is 1.43. The minimum atomic E-state index is -2.12. The summed E-state index contributed by atoms with van der Waals surface area (Å²) in [6, 6.07) is -1.39. The molecule has 5 N–H and O–H groups in total. The van der Waals surface area contributed by atoms with Gasteiger partial charge in [0.05, 0.1) is 12.6 Å². The van der Waals surface area contributed by atoms with Gasteiger partial charge in [0.25, 0.3) is 0 Å². The van der Waals surface area contributed by atoms with Crippen molar-refractivity contribution in [3.05, 3.63) is 0 Å². The zero-order valence-corrected chi connectivity index (χ0v) is 7.52. The third kappa shape index (κ3) is 4.49. The van der Waals surface area contributed by atoms with Crippen LogP contribution < -0.4 is 5.73 Å². The van der Waals surface area contributed by atoms with Gasteiger partial charge in [-0.15, -0.1) is 12.4 Å². The van der Waals surface area contributed by atoms with Crippen LogP contribution in [0.25, 0.3) is 0 Å². The van der Waals surface area contributed by atoms with Gasteiger partial charge in [-0.2, -0.15) is 0 Å². The Balaban J connectivity index is 0. The Labute approximate surface area is 80.8 Å². The second kappa shape index (κ2) is 7.16. The van der Waals surface area contributed by atoms with Crippen LogP contribution in [-0.2, 0) is 4.79 Å². The van der Waals surface area contributed by atoms with Gasteiger partial charge in [-0.25, -0.2) is 4.39 Å². The number of alkyl halides is 1. The van der Waals surface area contributed by atoms with E-state index in [-0.39, 0.29) is 18.7 Å². The number of aldehydes is 1. The molecule has 0 amide bonds. The minimum absolute atomic E-state index is 0. The first-order chi connectivity index (χ1) is 5.54. The Kier molecular flexibility index (Phi) is 8.38. The molecule has 0 spiro atoms. The van der Waals surface area contributed by atoms with Gasteiger partial charge < -0.3 is 25.8 Å². The molecule has 0 aliphatic heterocycles. The summed E-state index contributed by atoms with van der Waals surface area (Å²) >= 11 is 0. The van der Waals surface area contributed by atoms with E-state index in [2.05, 4.69) is 0 Å². The highest BCUT2D eigenvalue weighted by atomic mass is 35.5. The lowest BCUT2D eigenvalue weighted by Gasteiger charge is -2.21. The fraction of sp³-hybridized carbons (Fsp3) is 0.833. The Morgan fingerprint density at radius 2 is 1.92 bits per heavy atom. The van der Waals surface area contributed by atoms with Crippen LogP contribution in [0.15, 0.2) is 0 Å². The molecule has 0 aromatic heterocycles. The highest BCUT2D eigenvalue weighted by Gasteiger charge is 2.30. The van der Waals surface area contributed by atoms with Gasteiger partial charge in [0.1, 0.15) is 18.5 Å². The first-order valence-electron chi connectivity index (χ1n) is 3.36. The number of carbonyl (C=O) groups is 1. The molecular weight excluding hydrogens is 205 g/mol. The SMILES string of the molecule is Cl.N[C@@H](C=O)[C@@H](O)[C@H](F)[C@H](O)CO. The lowest BCUT2D eigenvalue weighted by molar-refractivity contribution is -0.114. The van der Waals surface area contributed by atoms with Crippen LogP contribution in [-0.4, -0.2) is 52.6 Å². The van der Waals surface area contributed by atoms with Crippen LogP contribution in [0.3, 0.4) is 0 Å². The van der Waals surface area contributed by atoms with E-state index in [1.807, 2.05) is 0 Å². The van der Waals surface area contributed by atoms with Gasteiger partial charge in [-0.3, -0.25) is 0 Å². The maximum Gasteiger partial charge on any atom is 0.156 e. The average molecular weight is 218 g/mol. The summed E-state index contributed by atoms with van der Waals surface area (Å²) in [5.41, 5.74) is 4.96. The fourth-order valence-corrected chi connectivity index (χ4v) is 0.621. The second-order valence-corrected chi connectivity index (χ2v) is 2.40. The van der Waals surface area contributed by atoms with Crippen LogP contribution >= 0.6 is 12.4 Å². The number of carbonyl (C=O) groups excluding carboxylic acids is 1. The lowest BCUT2D eigenvalue weighted by atomic mass is 10.0. The second-order valence-electron chi connectivity index (χ2n) is 2.40. The third-order valence-corrected chi connectivity index (χ3v) is 1.43. The molecule has 0 heterocycles. The molecule has 5 nitrogen and oxygen atoms in total. The predicted molar refractivity (Wildman–Crippen MR) is 45.3 cm³/mol. The quantitative estimate of drug-likeness (QED) is 0.399. The summed E-state index contributed by atoms with van der Waals surface area (Å²) in [6.45, 7) is -0.830. The summed E-state index contributed by atoms with van der Waals surface area (Å²) in [6.07, 6.45) is -5.45. The monoisotopic (exact) mass is 217 g/mol. The Bertz CT molecular complexity index is 151. The summed E-state index contributed by atoms with van der Waals surface area (Å²) in [4.78, 5) is 9.97. The Hall–Kier alpha value is -0.270. The maximum atomic E-state index is 12.7. The molecule has 0 fully saturated rings. The molecule has 13 heavy (non-hydrogen) atoms. The summed E-state index contributed by atoms with van der Waals surface area (Å²) in [7, 11) is 0. The Morgan fingerprint density at radius 3 is 2.23 bits per heavy atom. The van der Waals surface area contributed by atoms with E-state index in [0.29, 0.717) is 0 Å². The highest BCUT2D eigenvalue weighted by Crippen LogP contribution is 2.06. The van der Waals surface area contributed by atoms with Gasteiger partial charge in [0.2, 0.25) is 0 Å². The van der Waals surface area contributed by atoms with Crippen LogP contribution in [0.4, 0.5) is 4.39 Å². The standard InChI is InChI=1S/C6H12FNO4.ClH/c7-5(4(11)2-10)6(12)3(8)1-9;/h1,3-6,10-12H,2,8H2;1H/t3-,4+,5+,6+;/m0./s1. The number of rotatable bonds is 5.